The molecule has 3 heterocycles. The van der Waals surface area contributed by atoms with Gasteiger partial charge in [-0.3, -0.25) is 9.58 Å². The summed E-state index contributed by atoms with van der Waals surface area (Å²) in [5.41, 5.74) is 1.01. The van der Waals surface area contributed by atoms with Gasteiger partial charge >= 0.3 is 0 Å². The van der Waals surface area contributed by atoms with Crippen LogP contribution in [-0.4, -0.2) is 62.3 Å². The molecule has 1 saturated heterocycles. The summed E-state index contributed by atoms with van der Waals surface area (Å²) in [5.74, 6) is 0. The molecule has 22 heavy (non-hydrogen) atoms. The van der Waals surface area contributed by atoms with E-state index in [9.17, 15) is 5.11 Å². The summed E-state index contributed by atoms with van der Waals surface area (Å²) in [6, 6.07) is 3.96. The fraction of sp³-hybridized carbons (Fsp3) is 0.562. The molecular weight excluding hydrogens is 280 g/mol. The predicted octanol–water partition coefficient (Wildman–Crippen LogP) is 1.14. The molecule has 1 aliphatic heterocycles. The van der Waals surface area contributed by atoms with E-state index in [1.165, 1.54) is 0 Å². The van der Waals surface area contributed by atoms with E-state index in [0.717, 1.165) is 18.8 Å². The number of nitrogens with zero attached hydrogens (tertiary/aromatic N) is 4. The van der Waals surface area contributed by atoms with Crippen LogP contribution in [0.25, 0.3) is 5.69 Å². The van der Waals surface area contributed by atoms with Gasteiger partial charge in [-0.15, -0.1) is 0 Å². The number of rotatable bonds is 5. The van der Waals surface area contributed by atoms with Crippen molar-refractivity contribution < 1.29 is 9.84 Å². The maximum absolute atomic E-state index is 10.3. The van der Waals surface area contributed by atoms with E-state index in [1.54, 1.807) is 4.68 Å². The van der Waals surface area contributed by atoms with E-state index in [1.807, 2.05) is 41.5 Å². The van der Waals surface area contributed by atoms with E-state index in [-0.39, 0.29) is 12.2 Å². The zero-order valence-electron chi connectivity index (χ0n) is 13.2. The Morgan fingerprint density at radius 3 is 2.59 bits per heavy atom. The molecule has 6 nitrogen and oxygen atoms in total. The topological polar surface area (TPSA) is 55.5 Å². The molecule has 0 amide bonds. The lowest BCUT2D eigenvalue weighted by molar-refractivity contribution is -0.0774. The molecule has 0 bridgehead atoms. The zero-order valence-corrected chi connectivity index (χ0v) is 13.2. The summed E-state index contributed by atoms with van der Waals surface area (Å²) in [4.78, 5) is 2.26. The van der Waals surface area contributed by atoms with Gasteiger partial charge in [0, 0.05) is 38.2 Å². The van der Waals surface area contributed by atoms with Crippen LogP contribution >= 0.6 is 0 Å². The van der Waals surface area contributed by atoms with E-state index >= 15 is 0 Å². The molecule has 0 radical (unpaired) electrons. The van der Waals surface area contributed by atoms with Gasteiger partial charge in [-0.1, -0.05) is 0 Å². The van der Waals surface area contributed by atoms with Gasteiger partial charge in [0.15, 0.2) is 0 Å². The van der Waals surface area contributed by atoms with Crippen LogP contribution < -0.4 is 0 Å². The second kappa shape index (κ2) is 6.64. The van der Waals surface area contributed by atoms with Crippen LogP contribution in [0, 0.1) is 0 Å². The second-order valence-corrected chi connectivity index (χ2v) is 6.14. The van der Waals surface area contributed by atoms with Crippen LogP contribution in [0.1, 0.15) is 13.8 Å². The highest BCUT2D eigenvalue weighted by Crippen LogP contribution is 2.12. The van der Waals surface area contributed by atoms with Crippen molar-refractivity contribution in [2.75, 3.05) is 19.6 Å². The number of hydrogen-bond acceptors (Lipinski definition) is 4. The minimum absolute atomic E-state index is 0.223. The molecule has 6 heteroatoms. The van der Waals surface area contributed by atoms with Crippen LogP contribution in [0.2, 0.25) is 0 Å². The summed E-state index contributed by atoms with van der Waals surface area (Å²) in [6.45, 7) is 7.04. The average molecular weight is 304 g/mol. The largest absolute Gasteiger partial charge is 0.390 e. The molecule has 120 valence electrons. The maximum atomic E-state index is 10.3. The minimum Gasteiger partial charge on any atom is -0.390 e. The van der Waals surface area contributed by atoms with Crippen molar-refractivity contribution in [2.24, 2.45) is 0 Å². The normalized spacial score (nSPS) is 24.5. The molecule has 0 spiro atoms. The Morgan fingerprint density at radius 2 is 1.91 bits per heavy atom. The van der Waals surface area contributed by atoms with Gasteiger partial charge in [0.2, 0.25) is 0 Å². The monoisotopic (exact) mass is 304 g/mol. The number of aromatic nitrogens is 3. The van der Waals surface area contributed by atoms with Crippen molar-refractivity contribution in [1.29, 1.82) is 0 Å². The zero-order chi connectivity index (χ0) is 15.5. The minimum atomic E-state index is -0.435. The van der Waals surface area contributed by atoms with Gasteiger partial charge in [-0.25, -0.2) is 0 Å². The fourth-order valence-electron chi connectivity index (χ4n) is 3.10. The first-order valence-electron chi connectivity index (χ1n) is 7.82. The molecule has 0 aromatic carbocycles. The quantitative estimate of drug-likeness (QED) is 0.900. The molecule has 3 atom stereocenters. The standard InChI is InChI=1S/C16H24N4O2/c1-13-8-18(9-14(2)22-13)11-16(21)12-20-10-15(7-17-20)19-5-3-4-6-19/h3-7,10,13-14,16,21H,8-9,11-12H2,1-2H3. The van der Waals surface area contributed by atoms with Crippen LogP contribution in [0.3, 0.4) is 0 Å². The lowest BCUT2D eigenvalue weighted by Crippen LogP contribution is -2.48. The first-order chi connectivity index (χ1) is 10.6. The molecule has 3 unspecified atom stereocenters. The molecule has 1 N–H and O–H groups in total. The molecule has 0 aliphatic carbocycles. The number of aliphatic hydroxyl groups is 1. The highest BCUT2D eigenvalue weighted by molar-refractivity contribution is 5.26. The molecule has 2 aromatic rings. The summed E-state index contributed by atoms with van der Waals surface area (Å²) in [6.07, 6.45) is 7.74. The third-order valence-electron chi connectivity index (χ3n) is 3.88. The van der Waals surface area contributed by atoms with E-state index < -0.39 is 6.10 Å². The fourth-order valence-corrected chi connectivity index (χ4v) is 3.10. The third kappa shape index (κ3) is 3.76. The molecule has 2 aromatic heterocycles. The van der Waals surface area contributed by atoms with Crippen molar-refractivity contribution in [1.82, 2.24) is 19.2 Å². The van der Waals surface area contributed by atoms with Gasteiger partial charge in [0.05, 0.1) is 36.7 Å². The number of hydrogen-bond donors (Lipinski definition) is 1. The Bertz CT molecular complexity index is 571. The molecular formula is C16H24N4O2. The smallest absolute Gasteiger partial charge is 0.0862 e. The Balaban J connectivity index is 1.54. The summed E-state index contributed by atoms with van der Waals surface area (Å²) in [5, 5.41) is 14.6. The number of aliphatic hydroxyl groups excluding tert-OH is 1. The third-order valence-corrected chi connectivity index (χ3v) is 3.88. The SMILES string of the molecule is CC1CN(CC(O)Cn2cc(-n3cccc3)cn2)CC(C)O1. The molecule has 0 saturated carbocycles. The highest BCUT2D eigenvalue weighted by atomic mass is 16.5. The Morgan fingerprint density at radius 1 is 1.23 bits per heavy atom. The second-order valence-electron chi connectivity index (χ2n) is 6.14. The lowest BCUT2D eigenvalue weighted by atomic mass is 10.2. The lowest BCUT2D eigenvalue weighted by Gasteiger charge is -2.36. The van der Waals surface area contributed by atoms with Crippen molar-refractivity contribution >= 4 is 0 Å². The Hall–Kier alpha value is -1.63. The Kier molecular flexibility index (Phi) is 4.61. The molecule has 3 rings (SSSR count). The molecule has 1 aliphatic rings. The van der Waals surface area contributed by atoms with Crippen LogP contribution in [0.5, 0.6) is 0 Å². The number of morpholine rings is 1. The first kappa shape index (κ1) is 15.3. The van der Waals surface area contributed by atoms with Crippen molar-refractivity contribution in [3.63, 3.8) is 0 Å². The van der Waals surface area contributed by atoms with E-state index in [0.29, 0.717) is 13.1 Å². The summed E-state index contributed by atoms with van der Waals surface area (Å²) < 4.78 is 9.52. The van der Waals surface area contributed by atoms with Gasteiger partial charge in [0.25, 0.3) is 0 Å². The predicted molar refractivity (Wildman–Crippen MR) is 84.0 cm³/mol. The summed E-state index contributed by atoms with van der Waals surface area (Å²) in [7, 11) is 0. The van der Waals surface area contributed by atoms with Crippen molar-refractivity contribution in [2.45, 2.75) is 38.7 Å². The van der Waals surface area contributed by atoms with Gasteiger partial charge in [-0.05, 0) is 26.0 Å². The maximum Gasteiger partial charge on any atom is 0.0862 e. The average Bonchev–Trinajstić information content (AvgIpc) is 3.07. The van der Waals surface area contributed by atoms with Crippen molar-refractivity contribution in [3.8, 4) is 5.69 Å². The highest BCUT2D eigenvalue weighted by Gasteiger charge is 2.23. The van der Waals surface area contributed by atoms with Crippen LogP contribution in [0.4, 0.5) is 0 Å². The first-order valence-corrected chi connectivity index (χ1v) is 7.82. The Labute approximate surface area is 130 Å². The van der Waals surface area contributed by atoms with Crippen molar-refractivity contribution in [3.05, 3.63) is 36.9 Å². The van der Waals surface area contributed by atoms with E-state index in [4.69, 9.17) is 4.74 Å². The van der Waals surface area contributed by atoms with E-state index in [2.05, 4.69) is 23.8 Å². The van der Waals surface area contributed by atoms with Gasteiger partial charge in [-0.2, -0.15) is 5.10 Å². The molecule has 1 fully saturated rings. The number of ether oxygens (including phenoxy) is 1. The number of β-amino-alcohol motifs (C(OH)–C–C–N with tert-alkyl or cyclic N) is 1. The van der Waals surface area contributed by atoms with Gasteiger partial charge in [0.1, 0.15) is 0 Å². The summed E-state index contributed by atoms with van der Waals surface area (Å²) >= 11 is 0. The van der Waals surface area contributed by atoms with Crippen LogP contribution in [0.15, 0.2) is 36.9 Å². The van der Waals surface area contributed by atoms with Gasteiger partial charge < -0.3 is 14.4 Å². The van der Waals surface area contributed by atoms with Crippen LogP contribution in [-0.2, 0) is 11.3 Å².